The lowest BCUT2D eigenvalue weighted by atomic mass is 10.0. The van der Waals surface area contributed by atoms with E-state index in [9.17, 15) is 5.11 Å². The molecule has 2 fully saturated rings. The Bertz CT molecular complexity index is 424. The Morgan fingerprint density at radius 3 is 2.29 bits per heavy atom. The van der Waals surface area contributed by atoms with Crippen LogP contribution in [0.5, 0.6) is 0 Å². The van der Waals surface area contributed by atoms with Crippen molar-refractivity contribution in [2.75, 3.05) is 6.61 Å². The standard InChI is InChI=1S/C16H30O4Si/c1-10-11(9-18-21(7,8)15(2,3)4)13-14(12(10)17)20-16(5,6)19-13/h11-14,17H,1,9H2,2-8H3/t11-,12-,13?,14+/m0/s1. The Balaban J connectivity index is 2.08. The maximum absolute atomic E-state index is 10.3. The van der Waals surface area contributed by atoms with Crippen molar-refractivity contribution >= 4 is 8.32 Å². The molecule has 1 aliphatic carbocycles. The first-order valence-corrected chi connectivity index (χ1v) is 10.6. The van der Waals surface area contributed by atoms with Crippen LogP contribution in [0.15, 0.2) is 12.2 Å². The van der Waals surface area contributed by atoms with E-state index in [4.69, 9.17) is 13.9 Å². The highest BCUT2D eigenvalue weighted by molar-refractivity contribution is 6.74. The number of ether oxygens (including phenoxy) is 2. The van der Waals surface area contributed by atoms with Gasteiger partial charge in [0, 0.05) is 12.5 Å². The average molecular weight is 314 g/mol. The van der Waals surface area contributed by atoms with Gasteiger partial charge in [-0.1, -0.05) is 27.4 Å². The average Bonchev–Trinajstić information content (AvgIpc) is 2.71. The van der Waals surface area contributed by atoms with Crippen LogP contribution in [0.2, 0.25) is 18.1 Å². The van der Waals surface area contributed by atoms with Crippen molar-refractivity contribution in [3.8, 4) is 0 Å². The lowest BCUT2D eigenvalue weighted by molar-refractivity contribution is -0.161. The van der Waals surface area contributed by atoms with Gasteiger partial charge in [0.25, 0.3) is 0 Å². The number of hydrogen-bond donors (Lipinski definition) is 1. The molecule has 122 valence electrons. The summed E-state index contributed by atoms with van der Waals surface area (Å²) in [6.07, 6.45) is -1.14. The van der Waals surface area contributed by atoms with Gasteiger partial charge >= 0.3 is 0 Å². The molecular formula is C16H30O4Si. The molecule has 2 rings (SSSR count). The first kappa shape index (κ1) is 17.2. The van der Waals surface area contributed by atoms with Crippen LogP contribution in [-0.4, -0.2) is 44.1 Å². The summed E-state index contributed by atoms with van der Waals surface area (Å²) in [6.45, 7) is 19.5. The third kappa shape index (κ3) is 3.12. The van der Waals surface area contributed by atoms with Gasteiger partial charge < -0.3 is 19.0 Å². The quantitative estimate of drug-likeness (QED) is 0.642. The monoisotopic (exact) mass is 314 g/mol. The van der Waals surface area contributed by atoms with Crippen LogP contribution in [-0.2, 0) is 13.9 Å². The maximum atomic E-state index is 10.3. The largest absolute Gasteiger partial charge is 0.416 e. The van der Waals surface area contributed by atoms with Gasteiger partial charge in [0.15, 0.2) is 14.1 Å². The number of aliphatic hydroxyl groups is 1. The number of aliphatic hydroxyl groups excluding tert-OH is 1. The highest BCUT2D eigenvalue weighted by Gasteiger charge is 2.55. The molecule has 0 aromatic carbocycles. The lowest BCUT2D eigenvalue weighted by Gasteiger charge is -2.37. The smallest absolute Gasteiger partial charge is 0.192 e. The normalized spacial score (nSPS) is 36.1. The second-order valence-electron chi connectivity index (χ2n) is 8.26. The molecule has 1 N–H and O–H groups in total. The third-order valence-electron chi connectivity index (χ3n) is 5.16. The summed E-state index contributed by atoms with van der Waals surface area (Å²) in [7, 11) is -1.82. The van der Waals surface area contributed by atoms with Gasteiger partial charge in [-0.3, -0.25) is 0 Å². The lowest BCUT2D eigenvalue weighted by Crippen LogP contribution is -2.43. The van der Waals surface area contributed by atoms with E-state index in [-0.39, 0.29) is 23.2 Å². The molecule has 1 unspecified atom stereocenters. The molecule has 1 aliphatic heterocycles. The summed E-state index contributed by atoms with van der Waals surface area (Å²) in [5.74, 6) is -0.646. The Hall–Kier alpha value is -0.203. The van der Waals surface area contributed by atoms with Crippen molar-refractivity contribution < 1.29 is 19.0 Å². The molecule has 0 radical (unpaired) electrons. The summed E-state index contributed by atoms with van der Waals surface area (Å²) in [5, 5.41) is 10.5. The van der Waals surface area contributed by atoms with Gasteiger partial charge in [-0.2, -0.15) is 0 Å². The molecular weight excluding hydrogens is 284 g/mol. The van der Waals surface area contributed by atoms with Crippen LogP contribution >= 0.6 is 0 Å². The van der Waals surface area contributed by atoms with Gasteiger partial charge in [-0.25, -0.2) is 0 Å². The minimum absolute atomic E-state index is 0.000833. The van der Waals surface area contributed by atoms with E-state index in [1.165, 1.54) is 0 Å². The topological polar surface area (TPSA) is 47.9 Å². The molecule has 0 amide bonds. The van der Waals surface area contributed by atoms with E-state index in [0.717, 1.165) is 5.57 Å². The van der Waals surface area contributed by atoms with E-state index in [1.54, 1.807) is 0 Å². The van der Waals surface area contributed by atoms with Crippen LogP contribution in [0.3, 0.4) is 0 Å². The highest BCUT2D eigenvalue weighted by atomic mass is 28.4. The molecule has 0 aromatic heterocycles. The molecule has 1 saturated carbocycles. The summed E-state index contributed by atoms with van der Waals surface area (Å²) in [4.78, 5) is 0. The van der Waals surface area contributed by atoms with Crippen molar-refractivity contribution in [3.63, 3.8) is 0 Å². The predicted octanol–water partition coefficient (Wildman–Crippen LogP) is 3.08. The van der Waals surface area contributed by atoms with Crippen molar-refractivity contribution in [2.24, 2.45) is 5.92 Å². The van der Waals surface area contributed by atoms with Crippen LogP contribution in [0.25, 0.3) is 0 Å². The molecule has 21 heavy (non-hydrogen) atoms. The molecule has 0 bridgehead atoms. The highest BCUT2D eigenvalue weighted by Crippen LogP contribution is 2.45. The molecule has 4 nitrogen and oxygen atoms in total. The summed E-state index contributed by atoms with van der Waals surface area (Å²) >= 11 is 0. The summed E-state index contributed by atoms with van der Waals surface area (Å²) in [5.41, 5.74) is 0.777. The fourth-order valence-electron chi connectivity index (χ4n) is 2.73. The molecule has 0 aromatic rings. The number of fused-ring (bicyclic) bond motifs is 1. The van der Waals surface area contributed by atoms with Gasteiger partial charge in [-0.15, -0.1) is 0 Å². The van der Waals surface area contributed by atoms with Crippen LogP contribution < -0.4 is 0 Å². The molecule has 4 atom stereocenters. The predicted molar refractivity (Wildman–Crippen MR) is 85.6 cm³/mol. The van der Waals surface area contributed by atoms with Crippen molar-refractivity contribution in [1.29, 1.82) is 0 Å². The molecule has 2 aliphatic rings. The van der Waals surface area contributed by atoms with Crippen molar-refractivity contribution in [3.05, 3.63) is 12.2 Å². The van der Waals surface area contributed by atoms with Crippen LogP contribution in [0.4, 0.5) is 0 Å². The molecule has 0 spiro atoms. The SMILES string of the molecule is C=C1[C@H](CO[Si](C)(C)C(C)(C)C)C2OC(C)(C)O[C@@H]2[C@H]1O. The Kier molecular flexibility index (Phi) is 4.22. The Morgan fingerprint density at radius 1 is 1.24 bits per heavy atom. The molecule has 1 heterocycles. The van der Waals surface area contributed by atoms with Crippen LogP contribution in [0.1, 0.15) is 34.6 Å². The number of hydrogen-bond acceptors (Lipinski definition) is 4. The third-order valence-corrected chi connectivity index (χ3v) is 9.66. The van der Waals surface area contributed by atoms with Gasteiger partial charge in [0.2, 0.25) is 0 Å². The number of rotatable bonds is 3. The van der Waals surface area contributed by atoms with E-state index in [0.29, 0.717) is 6.61 Å². The summed E-state index contributed by atoms with van der Waals surface area (Å²) < 4.78 is 18.1. The van der Waals surface area contributed by atoms with E-state index < -0.39 is 20.2 Å². The van der Waals surface area contributed by atoms with Crippen LogP contribution in [0, 0.1) is 5.92 Å². The Morgan fingerprint density at radius 2 is 1.76 bits per heavy atom. The summed E-state index contributed by atoms with van der Waals surface area (Å²) in [6, 6.07) is 0. The zero-order valence-corrected chi connectivity index (χ0v) is 15.4. The van der Waals surface area contributed by atoms with Crippen molar-refractivity contribution in [1.82, 2.24) is 0 Å². The van der Waals surface area contributed by atoms with Gasteiger partial charge in [0.1, 0.15) is 12.2 Å². The van der Waals surface area contributed by atoms with Crippen molar-refractivity contribution in [2.45, 2.75) is 76.8 Å². The fraction of sp³-hybridized carbons (Fsp3) is 0.875. The fourth-order valence-corrected chi connectivity index (χ4v) is 3.76. The first-order chi connectivity index (χ1) is 9.36. The van der Waals surface area contributed by atoms with E-state index in [1.807, 2.05) is 13.8 Å². The second kappa shape index (κ2) is 5.17. The first-order valence-electron chi connectivity index (χ1n) is 7.72. The maximum Gasteiger partial charge on any atom is 0.192 e. The minimum Gasteiger partial charge on any atom is -0.416 e. The van der Waals surface area contributed by atoms with E-state index in [2.05, 4.69) is 40.4 Å². The second-order valence-corrected chi connectivity index (χ2v) is 13.1. The van der Waals surface area contributed by atoms with Gasteiger partial charge in [0.05, 0.1) is 6.10 Å². The Labute approximate surface area is 129 Å². The zero-order valence-electron chi connectivity index (χ0n) is 14.4. The van der Waals surface area contributed by atoms with E-state index >= 15 is 0 Å². The van der Waals surface area contributed by atoms with Gasteiger partial charge in [-0.05, 0) is 37.6 Å². The molecule has 5 heteroatoms. The minimum atomic E-state index is -1.82. The molecule has 1 saturated heterocycles. The zero-order chi connectivity index (χ0) is 16.2.